The molecule has 1 saturated heterocycles. The van der Waals surface area contributed by atoms with Crippen LogP contribution in [0.25, 0.3) is 0 Å². The van der Waals surface area contributed by atoms with Gasteiger partial charge in [-0.25, -0.2) is 0 Å². The summed E-state index contributed by atoms with van der Waals surface area (Å²) in [5.41, 5.74) is 0. The maximum absolute atomic E-state index is 13.1. The number of rotatable bonds is 61. The molecule has 1 heterocycles. The zero-order valence-corrected chi connectivity index (χ0v) is 53.2. The summed E-state index contributed by atoms with van der Waals surface area (Å²) in [6, 6.07) is -0.835. The van der Waals surface area contributed by atoms with Gasteiger partial charge in [-0.1, -0.05) is 281 Å². The van der Waals surface area contributed by atoms with Gasteiger partial charge in [-0.05, 0) is 83.5 Å². The lowest BCUT2D eigenvalue weighted by molar-refractivity contribution is -0.302. The monoisotopic (exact) mass is 1160 g/mol. The van der Waals surface area contributed by atoms with Gasteiger partial charge in [0.15, 0.2) is 6.29 Å². The molecule has 0 bridgehead atoms. The zero-order valence-electron chi connectivity index (χ0n) is 53.2. The topological polar surface area (TPSA) is 175 Å². The van der Waals surface area contributed by atoms with Crippen molar-refractivity contribution < 1.29 is 49.3 Å². The maximum Gasteiger partial charge on any atom is 0.305 e. The third kappa shape index (κ3) is 48.8. The van der Waals surface area contributed by atoms with E-state index in [9.17, 15) is 35.1 Å². The molecule has 1 amide bonds. The molecule has 0 saturated carbocycles. The standard InChI is InChI=1S/C71H131NO10/c1-3-5-7-9-11-13-15-16-34-38-41-45-49-53-57-64(74)63(62-81-71-70(79)69(78)68(77)65(61-73)82-71)72-66(75)58-54-50-46-42-39-35-32-30-28-26-24-22-20-18-17-19-21-23-25-27-29-31-33-36-40-44-48-52-56-60-80-67(76)59-55-51-47-43-37-14-12-10-8-6-4-2/h13,15,17,19,38,41,53,57,63-65,68-71,73-74,77-79H,3-12,14,16,18,20-37,39-40,42-52,54-56,58-62H2,1-2H3,(H,72,75)/b15-13+,19-17-,41-38+,57-53+. The smallest absolute Gasteiger partial charge is 0.305 e. The number of aliphatic hydroxyl groups excluding tert-OH is 5. The molecular weight excluding hydrogens is 1030 g/mol. The highest BCUT2D eigenvalue weighted by atomic mass is 16.7. The van der Waals surface area contributed by atoms with Crippen molar-refractivity contribution in [3.8, 4) is 0 Å². The predicted octanol–water partition coefficient (Wildman–Crippen LogP) is 17.6. The summed E-state index contributed by atoms with van der Waals surface area (Å²) in [5.74, 6) is -0.188. The van der Waals surface area contributed by atoms with Crippen LogP contribution in [0.2, 0.25) is 0 Å². The molecule has 1 aliphatic rings. The van der Waals surface area contributed by atoms with Crippen LogP contribution in [0.5, 0.6) is 0 Å². The Hall–Kier alpha value is -2.38. The van der Waals surface area contributed by atoms with Gasteiger partial charge in [0.2, 0.25) is 5.91 Å². The van der Waals surface area contributed by atoms with E-state index in [0.717, 1.165) is 70.6 Å². The number of aliphatic hydroxyl groups is 5. The highest BCUT2D eigenvalue weighted by molar-refractivity contribution is 5.76. The fraction of sp³-hybridized carbons (Fsp3) is 0.859. The summed E-state index contributed by atoms with van der Waals surface area (Å²) in [5, 5.41) is 54.5. The minimum absolute atomic E-state index is 0.00704. The van der Waals surface area contributed by atoms with Crippen LogP contribution in [0, 0.1) is 0 Å². The van der Waals surface area contributed by atoms with Crippen LogP contribution in [-0.4, -0.2) is 100 Å². The third-order valence-electron chi connectivity index (χ3n) is 16.4. The molecule has 0 aromatic rings. The Kier molecular flexibility index (Phi) is 57.1. The number of esters is 1. The van der Waals surface area contributed by atoms with Gasteiger partial charge in [-0.15, -0.1) is 0 Å². The first-order chi connectivity index (χ1) is 40.2. The van der Waals surface area contributed by atoms with E-state index in [-0.39, 0.29) is 18.5 Å². The number of amides is 1. The highest BCUT2D eigenvalue weighted by Gasteiger charge is 2.44. The van der Waals surface area contributed by atoms with Gasteiger partial charge in [-0.2, -0.15) is 0 Å². The van der Waals surface area contributed by atoms with Gasteiger partial charge in [-0.3, -0.25) is 9.59 Å². The van der Waals surface area contributed by atoms with Crippen LogP contribution in [0.15, 0.2) is 48.6 Å². The molecule has 7 atom stereocenters. The maximum atomic E-state index is 13.1. The van der Waals surface area contributed by atoms with Crippen molar-refractivity contribution >= 4 is 11.9 Å². The molecule has 1 fully saturated rings. The number of unbranched alkanes of at least 4 members (excludes halogenated alkanes) is 41. The van der Waals surface area contributed by atoms with Crippen molar-refractivity contribution in [1.82, 2.24) is 5.32 Å². The molecule has 0 spiro atoms. The molecule has 1 rings (SSSR count). The Labute approximate surface area is 504 Å². The number of hydrogen-bond acceptors (Lipinski definition) is 10. The fourth-order valence-electron chi connectivity index (χ4n) is 10.9. The molecule has 0 aromatic carbocycles. The number of hydrogen-bond donors (Lipinski definition) is 6. The normalized spacial score (nSPS) is 18.5. The molecule has 11 heteroatoms. The molecule has 0 aromatic heterocycles. The third-order valence-corrected chi connectivity index (χ3v) is 16.4. The van der Waals surface area contributed by atoms with Crippen LogP contribution >= 0.6 is 0 Å². The van der Waals surface area contributed by atoms with Gasteiger partial charge in [0, 0.05) is 12.8 Å². The minimum Gasteiger partial charge on any atom is -0.466 e. The summed E-state index contributed by atoms with van der Waals surface area (Å²) < 4.78 is 16.7. The number of allylic oxidation sites excluding steroid dienone is 7. The average molecular weight is 1160 g/mol. The van der Waals surface area contributed by atoms with Crippen molar-refractivity contribution in [2.75, 3.05) is 19.8 Å². The summed E-state index contributed by atoms with van der Waals surface area (Å²) in [6.07, 6.45) is 68.1. The lowest BCUT2D eigenvalue weighted by atomic mass is 9.99. The molecule has 6 N–H and O–H groups in total. The summed E-state index contributed by atoms with van der Waals surface area (Å²) in [4.78, 5) is 25.1. The molecular formula is C71H131NO10. The van der Waals surface area contributed by atoms with Gasteiger partial charge < -0.3 is 45.1 Å². The number of carbonyl (C=O) groups excluding carboxylic acids is 2. The first kappa shape index (κ1) is 77.6. The average Bonchev–Trinajstić information content (AvgIpc) is 3.68. The van der Waals surface area contributed by atoms with E-state index in [1.807, 2.05) is 6.08 Å². The van der Waals surface area contributed by atoms with Gasteiger partial charge >= 0.3 is 5.97 Å². The molecule has 7 unspecified atom stereocenters. The molecule has 0 aliphatic carbocycles. The van der Waals surface area contributed by atoms with E-state index in [2.05, 4.69) is 55.6 Å². The van der Waals surface area contributed by atoms with Crippen molar-refractivity contribution in [3.05, 3.63) is 48.6 Å². The summed E-state index contributed by atoms with van der Waals surface area (Å²) in [7, 11) is 0. The number of carbonyl (C=O) groups is 2. The molecule has 480 valence electrons. The van der Waals surface area contributed by atoms with E-state index in [0.29, 0.717) is 19.4 Å². The van der Waals surface area contributed by atoms with Crippen molar-refractivity contribution in [2.24, 2.45) is 0 Å². The lowest BCUT2D eigenvalue weighted by Crippen LogP contribution is -2.60. The summed E-state index contributed by atoms with van der Waals surface area (Å²) >= 11 is 0. The van der Waals surface area contributed by atoms with E-state index < -0.39 is 49.5 Å². The quantitative estimate of drug-likeness (QED) is 0.0195. The Morgan fingerprint density at radius 2 is 0.793 bits per heavy atom. The van der Waals surface area contributed by atoms with E-state index in [1.54, 1.807) is 6.08 Å². The van der Waals surface area contributed by atoms with E-state index >= 15 is 0 Å². The first-order valence-corrected chi connectivity index (χ1v) is 34.9. The Bertz CT molecular complexity index is 1500. The predicted molar refractivity (Wildman–Crippen MR) is 343 cm³/mol. The van der Waals surface area contributed by atoms with Gasteiger partial charge in [0.25, 0.3) is 0 Å². The van der Waals surface area contributed by atoms with Gasteiger partial charge in [0.05, 0.1) is 32.0 Å². The zero-order chi connectivity index (χ0) is 59.5. The van der Waals surface area contributed by atoms with Crippen molar-refractivity contribution in [1.29, 1.82) is 0 Å². The fourth-order valence-corrected chi connectivity index (χ4v) is 10.9. The lowest BCUT2D eigenvalue weighted by Gasteiger charge is -2.40. The van der Waals surface area contributed by atoms with Gasteiger partial charge in [0.1, 0.15) is 24.4 Å². The van der Waals surface area contributed by atoms with Crippen molar-refractivity contribution in [2.45, 2.75) is 371 Å². The van der Waals surface area contributed by atoms with Crippen LogP contribution in [-0.2, 0) is 23.8 Å². The molecule has 0 radical (unpaired) electrons. The first-order valence-electron chi connectivity index (χ1n) is 34.9. The second-order valence-corrected chi connectivity index (χ2v) is 24.2. The second-order valence-electron chi connectivity index (χ2n) is 24.2. The highest BCUT2D eigenvalue weighted by Crippen LogP contribution is 2.23. The molecule has 11 nitrogen and oxygen atoms in total. The van der Waals surface area contributed by atoms with Crippen LogP contribution < -0.4 is 5.32 Å². The largest absolute Gasteiger partial charge is 0.466 e. The van der Waals surface area contributed by atoms with Crippen LogP contribution in [0.1, 0.15) is 328 Å². The number of nitrogens with one attached hydrogen (secondary N) is 1. The Morgan fingerprint density at radius 1 is 0.439 bits per heavy atom. The second kappa shape index (κ2) is 60.3. The minimum atomic E-state index is -1.58. The van der Waals surface area contributed by atoms with Crippen LogP contribution in [0.4, 0.5) is 0 Å². The van der Waals surface area contributed by atoms with E-state index in [1.165, 1.54) is 231 Å². The Morgan fingerprint density at radius 3 is 1.22 bits per heavy atom. The Balaban J connectivity index is 2.01. The number of ether oxygens (including phenoxy) is 3. The van der Waals surface area contributed by atoms with Crippen molar-refractivity contribution in [3.63, 3.8) is 0 Å². The molecule has 1 aliphatic heterocycles. The van der Waals surface area contributed by atoms with Crippen LogP contribution in [0.3, 0.4) is 0 Å². The molecule has 82 heavy (non-hydrogen) atoms. The van der Waals surface area contributed by atoms with E-state index in [4.69, 9.17) is 14.2 Å². The SMILES string of the molecule is CCCCCC/C=C/CC/C=C/CC/C=C/C(O)C(COC1OC(CO)C(O)C(O)C1O)NC(=O)CCCCCCCCCCCCCCC/C=C\CCCCCCCCCCCCCCOC(=O)CCCCCCCCCCCCC. The summed E-state index contributed by atoms with van der Waals surface area (Å²) in [6.45, 7) is 4.32.